The van der Waals surface area contributed by atoms with Gasteiger partial charge in [-0.15, -0.1) is 0 Å². The van der Waals surface area contributed by atoms with Gasteiger partial charge in [0.25, 0.3) is 0 Å². The lowest BCUT2D eigenvalue weighted by Crippen LogP contribution is -2.45. The van der Waals surface area contributed by atoms with Crippen LogP contribution in [0.3, 0.4) is 0 Å². The van der Waals surface area contributed by atoms with Gasteiger partial charge in [0.2, 0.25) is 0 Å². The Morgan fingerprint density at radius 2 is 1.73 bits per heavy atom. The minimum atomic E-state index is -4.15. The van der Waals surface area contributed by atoms with Crippen molar-refractivity contribution in [1.29, 1.82) is 0 Å². The third-order valence-corrected chi connectivity index (χ3v) is 5.66. The maximum atomic E-state index is 12.6. The maximum Gasteiger partial charge on any atom is 0.401 e. The molecule has 2 N–H and O–H groups in total. The minimum Gasteiger partial charge on any atom is -0.357 e. The lowest BCUT2D eigenvalue weighted by Gasteiger charge is -2.26. The molecule has 0 amide bonds. The fourth-order valence-electron chi connectivity index (χ4n) is 4.16. The fraction of sp³-hybridized carbons (Fsp3) is 0.682. The summed E-state index contributed by atoms with van der Waals surface area (Å²) in [7, 11) is 0. The van der Waals surface area contributed by atoms with E-state index in [0.717, 1.165) is 12.1 Å². The third-order valence-electron chi connectivity index (χ3n) is 5.66. The van der Waals surface area contributed by atoms with Crippen molar-refractivity contribution in [2.45, 2.75) is 57.9 Å². The van der Waals surface area contributed by atoms with E-state index in [9.17, 15) is 13.2 Å². The van der Waals surface area contributed by atoms with E-state index in [4.69, 9.17) is 0 Å². The Morgan fingerprint density at radius 1 is 1.03 bits per heavy atom. The molecule has 3 rings (SSSR count). The number of piperidine rings is 1. The smallest absolute Gasteiger partial charge is 0.357 e. The zero-order valence-corrected chi connectivity index (χ0v) is 17.8. The average Bonchev–Trinajstić information content (AvgIpc) is 3.13. The lowest BCUT2D eigenvalue weighted by molar-refractivity contribution is -0.143. The molecule has 8 heteroatoms. The average molecular weight is 426 g/mol. The number of hydrogen-bond acceptors (Lipinski definition) is 3. The van der Waals surface area contributed by atoms with E-state index in [2.05, 4.69) is 44.8 Å². The minimum absolute atomic E-state index is 0.0166. The summed E-state index contributed by atoms with van der Waals surface area (Å²) in [5.41, 5.74) is 2.45. The molecule has 1 aromatic rings. The van der Waals surface area contributed by atoms with E-state index in [0.29, 0.717) is 38.6 Å². The number of rotatable bonds is 7. The van der Waals surface area contributed by atoms with E-state index < -0.39 is 12.7 Å². The number of benzene rings is 1. The Hall–Kier alpha value is -1.80. The summed E-state index contributed by atoms with van der Waals surface area (Å²) in [6, 6.07) is 8.56. The molecule has 1 atom stereocenters. The SMILES string of the molecule is CCNC(=NCc1ccc(CN2CCCCC2)cc1)NC1CCN(CC(F)(F)F)C1. The zero-order valence-electron chi connectivity index (χ0n) is 17.8. The van der Waals surface area contributed by atoms with E-state index in [1.165, 1.54) is 42.8 Å². The molecule has 0 saturated carbocycles. The maximum absolute atomic E-state index is 12.6. The number of guanidine groups is 1. The van der Waals surface area contributed by atoms with E-state index in [1.807, 2.05) is 6.92 Å². The van der Waals surface area contributed by atoms with E-state index in [-0.39, 0.29) is 6.04 Å². The van der Waals surface area contributed by atoms with E-state index >= 15 is 0 Å². The summed E-state index contributed by atoms with van der Waals surface area (Å²) in [5, 5.41) is 6.49. The summed E-state index contributed by atoms with van der Waals surface area (Å²) in [4.78, 5) is 8.59. The van der Waals surface area contributed by atoms with Crippen LogP contribution in [0.5, 0.6) is 0 Å². The first-order valence-electron chi connectivity index (χ1n) is 11.1. The summed E-state index contributed by atoms with van der Waals surface area (Å²) in [5.74, 6) is 0.661. The highest BCUT2D eigenvalue weighted by atomic mass is 19.4. The highest BCUT2D eigenvalue weighted by Gasteiger charge is 2.34. The molecule has 1 unspecified atom stereocenters. The number of alkyl halides is 3. The van der Waals surface area contributed by atoms with Gasteiger partial charge in [0.05, 0.1) is 13.1 Å². The molecule has 0 spiro atoms. The number of likely N-dealkylation sites (tertiary alicyclic amines) is 2. The molecule has 168 valence electrons. The molecule has 5 nitrogen and oxygen atoms in total. The normalized spacial score (nSPS) is 21.7. The second-order valence-corrected chi connectivity index (χ2v) is 8.33. The van der Waals surface area contributed by atoms with Crippen LogP contribution in [-0.4, -0.2) is 67.2 Å². The zero-order chi connectivity index (χ0) is 21.4. The van der Waals surface area contributed by atoms with Crippen LogP contribution in [0.25, 0.3) is 0 Å². The second-order valence-electron chi connectivity index (χ2n) is 8.33. The molecule has 2 aliphatic rings. The van der Waals surface area contributed by atoms with Gasteiger partial charge in [-0.3, -0.25) is 9.80 Å². The molecule has 2 heterocycles. The van der Waals surface area contributed by atoms with Crippen molar-refractivity contribution < 1.29 is 13.2 Å². The van der Waals surface area contributed by atoms with Crippen LogP contribution in [0.4, 0.5) is 13.2 Å². The van der Waals surface area contributed by atoms with Crippen LogP contribution in [0.2, 0.25) is 0 Å². The number of nitrogens with zero attached hydrogens (tertiary/aromatic N) is 3. The molecule has 30 heavy (non-hydrogen) atoms. The van der Waals surface area contributed by atoms with Gasteiger partial charge in [-0.2, -0.15) is 13.2 Å². The number of nitrogens with one attached hydrogen (secondary N) is 2. The van der Waals surface area contributed by atoms with Crippen LogP contribution in [0.1, 0.15) is 43.7 Å². The van der Waals surface area contributed by atoms with Gasteiger partial charge in [-0.25, -0.2) is 4.99 Å². The summed E-state index contributed by atoms with van der Waals surface area (Å²) < 4.78 is 37.8. The van der Waals surface area contributed by atoms with Crippen LogP contribution in [-0.2, 0) is 13.1 Å². The van der Waals surface area contributed by atoms with Crippen LogP contribution >= 0.6 is 0 Å². The second kappa shape index (κ2) is 11.0. The Bertz CT molecular complexity index is 668. The Morgan fingerprint density at radius 3 is 2.40 bits per heavy atom. The van der Waals surface area contributed by atoms with Gasteiger partial charge >= 0.3 is 6.18 Å². The van der Waals surface area contributed by atoms with Gasteiger partial charge in [-0.05, 0) is 50.4 Å². The number of halogens is 3. The van der Waals surface area contributed by atoms with Crippen molar-refractivity contribution in [3.8, 4) is 0 Å². The molecular weight excluding hydrogens is 391 g/mol. The van der Waals surface area contributed by atoms with Crippen LogP contribution < -0.4 is 10.6 Å². The van der Waals surface area contributed by atoms with Crippen molar-refractivity contribution >= 4 is 5.96 Å². The van der Waals surface area contributed by atoms with Crippen LogP contribution in [0.15, 0.2) is 29.3 Å². The van der Waals surface area contributed by atoms with Crippen molar-refractivity contribution in [2.75, 3.05) is 39.3 Å². The van der Waals surface area contributed by atoms with E-state index in [1.54, 1.807) is 0 Å². The van der Waals surface area contributed by atoms with Gasteiger partial charge in [0, 0.05) is 32.2 Å². The molecule has 0 bridgehead atoms. The highest BCUT2D eigenvalue weighted by Crippen LogP contribution is 2.20. The van der Waals surface area contributed by atoms with Gasteiger partial charge in [0.1, 0.15) is 0 Å². The predicted molar refractivity (Wildman–Crippen MR) is 114 cm³/mol. The molecule has 2 saturated heterocycles. The van der Waals surface area contributed by atoms with Gasteiger partial charge in [-0.1, -0.05) is 30.7 Å². The molecule has 1 aromatic carbocycles. The molecular formula is C22H34F3N5. The Balaban J connectivity index is 1.49. The van der Waals surface area contributed by atoms with Gasteiger partial charge < -0.3 is 10.6 Å². The fourth-order valence-corrected chi connectivity index (χ4v) is 4.16. The first kappa shape index (κ1) is 22.9. The molecule has 2 aliphatic heterocycles. The largest absolute Gasteiger partial charge is 0.401 e. The van der Waals surface area contributed by atoms with Crippen LogP contribution in [0, 0.1) is 0 Å². The highest BCUT2D eigenvalue weighted by molar-refractivity contribution is 5.80. The summed E-state index contributed by atoms with van der Waals surface area (Å²) in [6.07, 6.45) is 0.472. The first-order chi connectivity index (χ1) is 14.4. The van der Waals surface area contributed by atoms with Crippen molar-refractivity contribution in [1.82, 2.24) is 20.4 Å². The molecule has 0 aromatic heterocycles. The summed E-state index contributed by atoms with van der Waals surface area (Å²) in [6.45, 7) is 6.60. The van der Waals surface area contributed by atoms with Gasteiger partial charge in [0.15, 0.2) is 5.96 Å². The van der Waals surface area contributed by atoms with Crippen molar-refractivity contribution in [3.05, 3.63) is 35.4 Å². The third kappa shape index (κ3) is 7.80. The monoisotopic (exact) mass is 425 g/mol. The molecule has 0 radical (unpaired) electrons. The standard InChI is InChI=1S/C22H34F3N5/c1-2-26-21(28-20-10-13-30(16-20)17-22(23,24)25)27-14-18-6-8-19(9-7-18)15-29-11-4-3-5-12-29/h6-9,20H,2-5,10-17H2,1H3,(H2,26,27,28). The molecule has 2 fully saturated rings. The Kier molecular flexibility index (Phi) is 8.39. The lowest BCUT2D eigenvalue weighted by atomic mass is 10.1. The quantitative estimate of drug-likeness (QED) is 0.519. The summed E-state index contributed by atoms with van der Waals surface area (Å²) >= 11 is 0. The topological polar surface area (TPSA) is 42.9 Å². The molecule has 0 aliphatic carbocycles. The first-order valence-corrected chi connectivity index (χ1v) is 11.1. The number of hydrogen-bond donors (Lipinski definition) is 2. The van der Waals surface area contributed by atoms with Crippen molar-refractivity contribution in [2.24, 2.45) is 4.99 Å². The Labute approximate surface area is 177 Å². The predicted octanol–water partition coefficient (Wildman–Crippen LogP) is 3.36. The number of aliphatic imine (C=N–C) groups is 1. The van der Waals surface area contributed by atoms with Crippen molar-refractivity contribution in [3.63, 3.8) is 0 Å².